The summed E-state index contributed by atoms with van der Waals surface area (Å²) in [6, 6.07) is 11.8. The van der Waals surface area contributed by atoms with Crippen molar-refractivity contribution in [2.45, 2.75) is 20.4 Å². The molecule has 0 spiro atoms. The van der Waals surface area contributed by atoms with Gasteiger partial charge in [0.2, 0.25) is 0 Å². The van der Waals surface area contributed by atoms with E-state index >= 15 is 0 Å². The number of nitrogens with zero attached hydrogens (tertiary/aromatic N) is 2. The number of carbonyl (C=O) groups is 1. The number of carbonyl (C=O) groups excluding carboxylic acids is 1. The second-order valence-electron chi connectivity index (χ2n) is 6.58. The molecule has 1 aliphatic rings. The molecule has 25 heavy (non-hydrogen) atoms. The number of amides is 1. The van der Waals surface area contributed by atoms with Crippen LogP contribution >= 0.6 is 23.2 Å². The van der Waals surface area contributed by atoms with Crippen molar-refractivity contribution in [2.75, 3.05) is 26.2 Å². The molecule has 1 saturated heterocycles. The lowest BCUT2D eigenvalue weighted by molar-refractivity contribution is 0.0629. The zero-order valence-electron chi connectivity index (χ0n) is 14.6. The summed E-state index contributed by atoms with van der Waals surface area (Å²) in [5.74, 6) is -0.0820. The third-order valence-electron chi connectivity index (χ3n) is 4.81. The molecular formula is C20H22Cl2N2O. The van der Waals surface area contributed by atoms with Gasteiger partial charge in [0.25, 0.3) is 5.91 Å². The van der Waals surface area contributed by atoms with Crippen molar-refractivity contribution in [1.29, 1.82) is 0 Å². The summed E-state index contributed by atoms with van der Waals surface area (Å²) in [5.41, 5.74) is 4.36. The highest BCUT2D eigenvalue weighted by Gasteiger charge is 2.25. The van der Waals surface area contributed by atoms with Crippen LogP contribution in [0.25, 0.3) is 0 Å². The first kappa shape index (κ1) is 18.2. The Morgan fingerprint density at radius 3 is 2.20 bits per heavy atom. The van der Waals surface area contributed by atoms with E-state index in [-0.39, 0.29) is 5.91 Å². The zero-order chi connectivity index (χ0) is 18.0. The molecule has 1 amide bonds. The Morgan fingerprint density at radius 2 is 1.60 bits per heavy atom. The Balaban J connectivity index is 1.61. The van der Waals surface area contributed by atoms with Gasteiger partial charge in [0.15, 0.2) is 0 Å². The van der Waals surface area contributed by atoms with Gasteiger partial charge in [-0.1, -0.05) is 47.5 Å². The number of benzene rings is 2. The van der Waals surface area contributed by atoms with E-state index in [2.05, 4.69) is 36.9 Å². The Kier molecular flexibility index (Phi) is 5.67. The minimum absolute atomic E-state index is 0.0820. The van der Waals surface area contributed by atoms with Crippen molar-refractivity contribution in [2.24, 2.45) is 0 Å². The molecule has 132 valence electrons. The third-order valence-corrected chi connectivity index (χ3v) is 5.44. The van der Waals surface area contributed by atoms with Crippen molar-refractivity contribution in [3.8, 4) is 0 Å². The molecule has 2 aromatic carbocycles. The van der Waals surface area contributed by atoms with Gasteiger partial charge in [-0.3, -0.25) is 9.69 Å². The monoisotopic (exact) mass is 376 g/mol. The van der Waals surface area contributed by atoms with Gasteiger partial charge < -0.3 is 4.90 Å². The van der Waals surface area contributed by atoms with Gasteiger partial charge in [0, 0.05) is 32.7 Å². The third kappa shape index (κ3) is 4.17. The van der Waals surface area contributed by atoms with Crippen LogP contribution in [0, 0.1) is 13.8 Å². The van der Waals surface area contributed by atoms with E-state index in [1.165, 1.54) is 16.7 Å². The Morgan fingerprint density at radius 1 is 0.960 bits per heavy atom. The lowest BCUT2D eigenvalue weighted by Gasteiger charge is -2.35. The average Bonchev–Trinajstić information content (AvgIpc) is 2.58. The van der Waals surface area contributed by atoms with Crippen molar-refractivity contribution in [3.63, 3.8) is 0 Å². The summed E-state index contributed by atoms with van der Waals surface area (Å²) in [6.45, 7) is 8.25. The largest absolute Gasteiger partial charge is 0.336 e. The van der Waals surface area contributed by atoms with Gasteiger partial charge in [0.05, 0.1) is 15.6 Å². The molecule has 3 nitrogen and oxygen atoms in total. The number of piperazine rings is 1. The van der Waals surface area contributed by atoms with Crippen LogP contribution in [-0.2, 0) is 6.54 Å². The topological polar surface area (TPSA) is 23.6 Å². The molecule has 0 bridgehead atoms. The Hall–Kier alpha value is -1.55. The predicted octanol–water partition coefficient (Wildman–Crippen LogP) is 4.57. The van der Waals surface area contributed by atoms with Crippen LogP contribution in [-0.4, -0.2) is 41.9 Å². The van der Waals surface area contributed by atoms with E-state index in [9.17, 15) is 4.79 Å². The average molecular weight is 377 g/mol. The number of hydrogen-bond acceptors (Lipinski definition) is 2. The maximum Gasteiger partial charge on any atom is 0.256 e. The van der Waals surface area contributed by atoms with Crippen LogP contribution in [0.4, 0.5) is 0 Å². The fourth-order valence-electron chi connectivity index (χ4n) is 3.13. The molecule has 5 heteroatoms. The SMILES string of the molecule is Cc1ccc(CN2CCN(C(=O)c3c(Cl)cccc3Cl)CC2)cc1C. The highest BCUT2D eigenvalue weighted by Crippen LogP contribution is 2.26. The quantitative estimate of drug-likeness (QED) is 0.783. The number of aryl methyl sites for hydroxylation is 2. The maximum absolute atomic E-state index is 12.7. The molecule has 2 aromatic rings. The van der Waals surface area contributed by atoms with Gasteiger partial charge in [-0.15, -0.1) is 0 Å². The maximum atomic E-state index is 12.7. The molecule has 0 radical (unpaired) electrons. The van der Waals surface area contributed by atoms with Crippen LogP contribution in [0.5, 0.6) is 0 Å². The lowest BCUT2D eigenvalue weighted by Crippen LogP contribution is -2.48. The summed E-state index contributed by atoms with van der Waals surface area (Å²) in [6.07, 6.45) is 0. The molecule has 0 aromatic heterocycles. The second kappa shape index (κ2) is 7.77. The molecule has 0 saturated carbocycles. The first-order valence-corrected chi connectivity index (χ1v) is 9.23. The zero-order valence-corrected chi connectivity index (χ0v) is 16.1. The van der Waals surface area contributed by atoms with Crippen molar-refractivity contribution < 1.29 is 4.79 Å². The van der Waals surface area contributed by atoms with Crippen LogP contribution in [0.3, 0.4) is 0 Å². The molecule has 0 unspecified atom stereocenters. The van der Waals surface area contributed by atoms with E-state index in [1.54, 1.807) is 18.2 Å². The molecular weight excluding hydrogens is 355 g/mol. The molecule has 0 aliphatic carbocycles. The van der Waals surface area contributed by atoms with E-state index in [0.717, 1.165) is 19.6 Å². The highest BCUT2D eigenvalue weighted by atomic mass is 35.5. The molecule has 0 atom stereocenters. The van der Waals surface area contributed by atoms with Crippen LogP contribution in [0.1, 0.15) is 27.0 Å². The summed E-state index contributed by atoms with van der Waals surface area (Å²) in [4.78, 5) is 16.9. The first-order valence-electron chi connectivity index (χ1n) is 8.47. The Bertz CT molecular complexity index is 763. The van der Waals surface area contributed by atoms with Gasteiger partial charge in [-0.05, 0) is 42.7 Å². The minimum atomic E-state index is -0.0820. The van der Waals surface area contributed by atoms with Gasteiger partial charge in [-0.25, -0.2) is 0 Å². The molecule has 1 heterocycles. The Labute approximate surface area is 159 Å². The van der Waals surface area contributed by atoms with Gasteiger partial charge in [-0.2, -0.15) is 0 Å². The van der Waals surface area contributed by atoms with Crippen LogP contribution in [0.2, 0.25) is 10.0 Å². The fourth-order valence-corrected chi connectivity index (χ4v) is 3.69. The molecule has 1 aliphatic heterocycles. The summed E-state index contributed by atoms with van der Waals surface area (Å²) in [5, 5.41) is 0.824. The van der Waals surface area contributed by atoms with E-state index in [1.807, 2.05) is 4.90 Å². The fraction of sp³-hybridized carbons (Fsp3) is 0.350. The van der Waals surface area contributed by atoms with Crippen molar-refractivity contribution in [1.82, 2.24) is 9.80 Å². The van der Waals surface area contributed by atoms with E-state index in [0.29, 0.717) is 28.7 Å². The van der Waals surface area contributed by atoms with Crippen LogP contribution in [0.15, 0.2) is 36.4 Å². The lowest BCUT2D eigenvalue weighted by atomic mass is 10.1. The highest BCUT2D eigenvalue weighted by molar-refractivity contribution is 6.39. The van der Waals surface area contributed by atoms with E-state index < -0.39 is 0 Å². The standard InChI is InChI=1S/C20H22Cl2N2O/c1-14-6-7-16(12-15(14)2)13-23-8-10-24(11-9-23)20(25)19-17(21)4-3-5-18(19)22/h3-7,12H,8-11,13H2,1-2H3. The predicted molar refractivity (Wildman–Crippen MR) is 104 cm³/mol. The summed E-state index contributed by atoms with van der Waals surface area (Å²) >= 11 is 12.3. The van der Waals surface area contributed by atoms with Crippen molar-refractivity contribution in [3.05, 3.63) is 68.7 Å². The minimum Gasteiger partial charge on any atom is -0.336 e. The second-order valence-corrected chi connectivity index (χ2v) is 7.40. The number of rotatable bonds is 3. The number of halogens is 2. The first-order chi connectivity index (χ1) is 12.0. The normalized spacial score (nSPS) is 15.4. The molecule has 1 fully saturated rings. The van der Waals surface area contributed by atoms with Gasteiger partial charge in [0.1, 0.15) is 0 Å². The summed E-state index contributed by atoms with van der Waals surface area (Å²) < 4.78 is 0. The molecule has 3 rings (SSSR count). The van der Waals surface area contributed by atoms with Crippen LogP contribution < -0.4 is 0 Å². The van der Waals surface area contributed by atoms with E-state index in [4.69, 9.17) is 23.2 Å². The smallest absolute Gasteiger partial charge is 0.256 e. The summed E-state index contributed by atoms with van der Waals surface area (Å²) in [7, 11) is 0. The molecule has 0 N–H and O–H groups in total. The number of hydrogen-bond donors (Lipinski definition) is 0. The van der Waals surface area contributed by atoms with Gasteiger partial charge >= 0.3 is 0 Å². The van der Waals surface area contributed by atoms with Crippen molar-refractivity contribution >= 4 is 29.1 Å².